The number of fused-ring (bicyclic) bond motifs is 1. The molecule has 0 atom stereocenters. The first-order valence-corrected chi connectivity index (χ1v) is 10.2. The molecule has 3 N–H and O–H groups in total. The summed E-state index contributed by atoms with van der Waals surface area (Å²) >= 11 is 6.26. The van der Waals surface area contributed by atoms with Gasteiger partial charge in [-0.25, -0.2) is 0 Å². The maximum absolute atomic E-state index is 12.7. The number of aryl methyl sites for hydroxylation is 2. The summed E-state index contributed by atoms with van der Waals surface area (Å²) in [5, 5.41) is 22.2. The van der Waals surface area contributed by atoms with Gasteiger partial charge in [0, 0.05) is 11.5 Å². The minimum absolute atomic E-state index is 0.109. The second-order valence-electron chi connectivity index (χ2n) is 7.21. The van der Waals surface area contributed by atoms with Crippen molar-refractivity contribution in [1.29, 1.82) is 5.41 Å². The number of unbranched alkanes of at least 4 members (excludes halogenated alkanes) is 3. The average Bonchev–Trinajstić information content (AvgIpc) is 2.68. The van der Waals surface area contributed by atoms with E-state index in [1.54, 1.807) is 18.2 Å². The molecule has 0 fully saturated rings. The van der Waals surface area contributed by atoms with Crippen LogP contribution in [0.25, 0.3) is 11.0 Å². The lowest BCUT2D eigenvalue weighted by Crippen LogP contribution is -2.21. The third-order valence-corrected chi connectivity index (χ3v) is 5.45. The van der Waals surface area contributed by atoms with Crippen molar-refractivity contribution in [3.05, 3.63) is 63.7 Å². The summed E-state index contributed by atoms with van der Waals surface area (Å²) in [7, 11) is 0. The fourth-order valence-corrected chi connectivity index (χ4v) is 3.44. The molecule has 2 aromatic carbocycles. The molecule has 5 nitrogen and oxygen atoms in total. The first-order valence-electron chi connectivity index (χ1n) is 9.81. The number of aromatic hydroxyl groups is 1. The van der Waals surface area contributed by atoms with Gasteiger partial charge in [-0.05, 0) is 49.1 Å². The standard InChI is InChI=1S/C23H25ClN2O3/c1-3-4-5-6-9-15-11-16-12-17(22(25)29-20(16)13-19(15)27)23(28)26-18-10-7-8-14(2)21(18)24/h7-8,10-13,25,27H,3-6,9H2,1-2H3,(H,26,28). The topological polar surface area (TPSA) is 86.3 Å². The number of hydrogen-bond donors (Lipinski definition) is 3. The summed E-state index contributed by atoms with van der Waals surface area (Å²) in [5.74, 6) is -0.313. The summed E-state index contributed by atoms with van der Waals surface area (Å²) in [5.41, 5.74) is 2.36. The molecule has 0 radical (unpaired) electrons. The lowest BCUT2D eigenvalue weighted by atomic mass is 10.0. The van der Waals surface area contributed by atoms with Crippen LogP contribution in [0.15, 0.2) is 40.8 Å². The van der Waals surface area contributed by atoms with Crippen LogP contribution in [0, 0.1) is 12.3 Å². The van der Waals surface area contributed by atoms with E-state index in [9.17, 15) is 9.90 Å². The van der Waals surface area contributed by atoms with Crippen LogP contribution >= 0.6 is 11.6 Å². The Hall–Kier alpha value is -2.79. The SMILES string of the molecule is CCCCCCc1cc2cc(C(=O)Nc3cccc(C)c3Cl)c(=N)oc2cc1O. The zero-order valence-corrected chi connectivity index (χ0v) is 17.4. The van der Waals surface area contributed by atoms with Gasteiger partial charge in [0.25, 0.3) is 5.91 Å². The number of halogens is 1. The maximum Gasteiger partial charge on any atom is 0.261 e. The van der Waals surface area contributed by atoms with Gasteiger partial charge in [-0.3, -0.25) is 10.2 Å². The van der Waals surface area contributed by atoms with Crippen molar-refractivity contribution in [1.82, 2.24) is 0 Å². The molecule has 0 aliphatic carbocycles. The summed E-state index contributed by atoms with van der Waals surface area (Å²) in [4.78, 5) is 12.7. The van der Waals surface area contributed by atoms with Gasteiger partial charge in [0.15, 0.2) is 0 Å². The fraction of sp³-hybridized carbons (Fsp3) is 0.304. The molecule has 0 saturated heterocycles. The zero-order valence-electron chi connectivity index (χ0n) is 16.6. The van der Waals surface area contributed by atoms with Crippen molar-refractivity contribution in [3.63, 3.8) is 0 Å². The van der Waals surface area contributed by atoms with Crippen molar-refractivity contribution in [3.8, 4) is 5.75 Å². The minimum atomic E-state index is -0.467. The van der Waals surface area contributed by atoms with Gasteiger partial charge in [-0.2, -0.15) is 0 Å². The van der Waals surface area contributed by atoms with Crippen LogP contribution < -0.4 is 10.9 Å². The van der Waals surface area contributed by atoms with Crippen molar-refractivity contribution in [2.24, 2.45) is 0 Å². The smallest absolute Gasteiger partial charge is 0.261 e. The molecular formula is C23H25ClN2O3. The molecule has 0 unspecified atom stereocenters. The highest BCUT2D eigenvalue weighted by molar-refractivity contribution is 6.34. The van der Waals surface area contributed by atoms with Crippen LogP contribution in [-0.2, 0) is 6.42 Å². The molecule has 1 aromatic heterocycles. The second-order valence-corrected chi connectivity index (χ2v) is 7.59. The summed E-state index contributed by atoms with van der Waals surface area (Å²) in [6.07, 6.45) is 5.16. The monoisotopic (exact) mass is 412 g/mol. The predicted molar refractivity (Wildman–Crippen MR) is 116 cm³/mol. The van der Waals surface area contributed by atoms with E-state index in [0.29, 0.717) is 21.7 Å². The minimum Gasteiger partial charge on any atom is -0.508 e. The van der Waals surface area contributed by atoms with Crippen LogP contribution in [0.1, 0.15) is 54.1 Å². The number of rotatable bonds is 7. The lowest BCUT2D eigenvalue weighted by molar-refractivity contribution is 0.102. The number of carbonyl (C=O) groups excluding carboxylic acids is 1. The second kappa shape index (κ2) is 9.14. The first-order chi connectivity index (χ1) is 13.9. The third-order valence-electron chi connectivity index (χ3n) is 4.95. The van der Waals surface area contributed by atoms with Gasteiger partial charge >= 0.3 is 0 Å². The van der Waals surface area contributed by atoms with Crippen molar-refractivity contribution >= 4 is 34.2 Å². The Labute approximate surface area is 174 Å². The quantitative estimate of drug-likeness (QED) is 0.419. The molecule has 29 heavy (non-hydrogen) atoms. The van der Waals surface area contributed by atoms with Gasteiger partial charge in [0.2, 0.25) is 5.55 Å². The van der Waals surface area contributed by atoms with Crippen LogP contribution in [-0.4, -0.2) is 11.0 Å². The fourth-order valence-electron chi connectivity index (χ4n) is 3.26. The van der Waals surface area contributed by atoms with Crippen LogP contribution in [0.5, 0.6) is 5.75 Å². The maximum atomic E-state index is 12.7. The molecule has 1 heterocycles. The Morgan fingerprint density at radius 3 is 2.76 bits per heavy atom. The molecule has 1 amide bonds. The molecule has 152 valence electrons. The highest BCUT2D eigenvalue weighted by atomic mass is 35.5. The number of phenols is 1. The molecule has 3 rings (SSSR count). The van der Waals surface area contributed by atoms with E-state index in [-0.39, 0.29) is 16.9 Å². The zero-order chi connectivity index (χ0) is 21.0. The molecule has 0 bridgehead atoms. The highest BCUT2D eigenvalue weighted by Gasteiger charge is 2.15. The summed E-state index contributed by atoms with van der Waals surface area (Å²) in [6.45, 7) is 4.01. The Morgan fingerprint density at radius 2 is 2.00 bits per heavy atom. The highest BCUT2D eigenvalue weighted by Crippen LogP contribution is 2.28. The van der Waals surface area contributed by atoms with Gasteiger partial charge < -0.3 is 14.8 Å². The summed E-state index contributed by atoms with van der Waals surface area (Å²) < 4.78 is 5.50. The van der Waals surface area contributed by atoms with E-state index in [2.05, 4.69) is 12.2 Å². The predicted octanol–water partition coefficient (Wildman–Crippen LogP) is 5.95. The molecule has 0 aliphatic rings. The van der Waals surface area contributed by atoms with Gasteiger partial charge in [-0.15, -0.1) is 0 Å². The van der Waals surface area contributed by atoms with E-state index in [1.807, 2.05) is 19.1 Å². The molecule has 0 spiro atoms. The van der Waals surface area contributed by atoms with Crippen LogP contribution in [0.4, 0.5) is 5.69 Å². The largest absolute Gasteiger partial charge is 0.508 e. The van der Waals surface area contributed by atoms with Crippen LogP contribution in [0.2, 0.25) is 5.02 Å². The molecule has 0 saturated carbocycles. The Morgan fingerprint density at radius 1 is 1.21 bits per heavy atom. The van der Waals surface area contributed by atoms with E-state index < -0.39 is 5.91 Å². The number of anilines is 1. The van der Waals surface area contributed by atoms with Crippen molar-refractivity contribution in [2.45, 2.75) is 46.0 Å². The normalized spacial score (nSPS) is 11.0. The van der Waals surface area contributed by atoms with E-state index >= 15 is 0 Å². The number of nitrogens with one attached hydrogen (secondary N) is 2. The lowest BCUT2D eigenvalue weighted by Gasteiger charge is -2.10. The Balaban J connectivity index is 1.90. The van der Waals surface area contributed by atoms with E-state index in [1.165, 1.54) is 6.07 Å². The molecule has 3 aromatic rings. The average molecular weight is 413 g/mol. The van der Waals surface area contributed by atoms with Gasteiger partial charge in [-0.1, -0.05) is 49.9 Å². The Kier molecular flexibility index (Phi) is 6.60. The molecule has 0 aliphatic heterocycles. The number of carbonyl (C=O) groups is 1. The van der Waals surface area contributed by atoms with Crippen LogP contribution in [0.3, 0.4) is 0 Å². The van der Waals surface area contributed by atoms with Crippen molar-refractivity contribution in [2.75, 3.05) is 5.32 Å². The summed E-state index contributed by atoms with van der Waals surface area (Å²) in [6, 6.07) is 10.3. The van der Waals surface area contributed by atoms with Gasteiger partial charge in [0.05, 0.1) is 10.7 Å². The molecule has 6 heteroatoms. The number of hydrogen-bond acceptors (Lipinski definition) is 4. The molecular weight excluding hydrogens is 388 g/mol. The first kappa shape index (κ1) is 20.9. The Bertz CT molecular complexity index is 1110. The van der Waals surface area contributed by atoms with E-state index in [4.69, 9.17) is 21.4 Å². The van der Waals surface area contributed by atoms with Crippen molar-refractivity contribution < 1.29 is 14.3 Å². The number of benzene rings is 2. The van der Waals surface area contributed by atoms with Gasteiger partial charge in [0.1, 0.15) is 16.9 Å². The van der Waals surface area contributed by atoms with E-state index in [0.717, 1.165) is 43.2 Å². The number of amides is 1. The third kappa shape index (κ3) is 4.80. The number of phenolic OH excluding ortho intramolecular Hbond substituents is 1.